The molecule has 0 saturated carbocycles. The molecule has 4 atom stereocenters. The van der Waals surface area contributed by atoms with Crippen LogP contribution in [0.1, 0.15) is 41.4 Å². The Morgan fingerprint density at radius 1 is 0.929 bits per heavy atom. The number of nitrogens with one attached hydrogen (secondary N) is 3. The van der Waals surface area contributed by atoms with Gasteiger partial charge in [-0.25, -0.2) is 0 Å². The van der Waals surface area contributed by atoms with Crippen molar-refractivity contribution in [2.24, 2.45) is 5.73 Å². The van der Waals surface area contributed by atoms with Crippen LogP contribution in [0.2, 0.25) is 0 Å². The summed E-state index contributed by atoms with van der Waals surface area (Å²) in [5.74, 6) is -4.36. The maximum atomic E-state index is 13.5. The fourth-order valence-corrected chi connectivity index (χ4v) is 5.63. The predicted molar refractivity (Wildman–Crippen MR) is 158 cm³/mol. The molecule has 0 aliphatic heterocycles. The van der Waals surface area contributed by atoms with Crippen molar-refractivity contribution in [1.82, 2.24) is 16.0 Å². The fraction of sp³-hybridized carbons (Fsp3) is 0.267. The summed E-state index contributed by atoms with van der Waals surface area (Å²) in [4.78, 5) is 61.4. The van der Waals surface area contributed by atoms with Gasteiger partial charge in [-0.2, -0.15) is 0 Å². The van der Waals surface area contributed by atoms with Crippen molar-refractivity contribution >= 4 is 37.1 Å². The van der Waals surface area contributed by atoms with E-state index >= 15 is 0 Å². The zero-order valence-electron chi connectivity index (χ0n) is 23.1. The van der Waals surface area contributed by atoms with Crippen LogP contribution in [0.3, 0.4) is 0 Å². The third-order valence-corrected chi connectivity index (χ3v) is 8.40. The maximum Gasteiger partial charge on any atom is 0.287 e. The molecule has 3 aromatic rings. The molecule has 0 aliphatic carbocycles. The Hall–Kier alpha value is -4.47. The predicted octanol–water partition coefficient (Wildman–Crippen LogP) is 2.82. The molecule has 0 fully saturated rings. The average molecular weight is 595 g/mol. The second-order valence-electron chi connectivity index (χ2n) is 9.61. The highest BCUT2D eigenvalue weighted by Crippen LogP contribution is 2.46. The van der Waals surface area contributed by atoms with Crippen molar-refractivity contribution in [3.63, 3.8) is 0 Å². The number of benzene rings is 2. The highest BCUT2D eigenvalue weighted by atomic mass is 31.2. The average Bonchev–Trinajstić information content (AvgIpc) is 3.51. The van der Waals surface area contributed by atoms with Crippen molar-refractivity contribution in [3.05, 3.63) is 102 Å². The summed E-state index contributed by atoms with van der Waals surface area (Å²) < 4.78 is 18.5. The highest BCUT2D eigenvalue weighted by Gasteiger charge is 2.36. The van der Waals surface area contributed by atoms with E-state index < -0.39 is 55.0 Å². The second-order valence-corrected chi connectivity index (χ2v) is 12.1. The molecule has 0 spiro atoms. The van der Waals surface area contributed by atoms with E-state index in [-0.39, 0.29) is 25.0 Å². The summed E-state index contributed by atoms with van der Waals surface area (Å²) in [5.41, 5.74) is 7.05. The van der Waals surface area contributed by atoms with Crippen LogP contribution in [-0.4, -0.2) is 52.6 Å². The Bertz CT molecular complexity index is 1410. The van der Waals surface area contributed by atoms with Crippen LogP contribution in [0.5, 0.6) is 0 Å². The van der Waals surface area contributed by atoms with Gasteiger partial charge in [0.05, 0.1) is 6.26 Å². The van der Waals surface area contributed by atoms with Gasteiger partial charge >= 0.3 is 0 Å². The van der Waals surface area contributed by atoms with Crippen LogP contribution in [0, 0.1) is 0 Å². The van der Waals surface area contributed by atoms with Gasteiger partial charge in [-0.15, -0.1) is 0 Å². The minimum Gasteiger partial charge on any atom is -0.459 e. The van der Waals surface area contributed by atoms with Gasteiger partial charge in [-0.05, 0) is 36.1 Å². The molecule has 11 nitrogen and oxygen atoms in total. The largest absolute Gasteiger partial charge is 0.459 e. The Morgan fingerprint density at radius 2 is 1.60 bits per heavy atom. The Morgan fingerprint density at radius 3 is 2.19 bits per heavy atom. The topological polar surface area (TPSA) is 181 Å². The molecule has 2 aromatic carbocycles. The van der Waals surface area contributed by atoms with E-state index in [9.17, 15) is 28.6 Å². The molecule has 1 aromatic heterocycles. The molecule has 4 amide bonds. The van der Waals surface area contributed by atoms with Crippen LogP contribution in [0.15, 0.2) is 89.6 Å². The molecule has 6 N–H and O–H groups in total. The third kappa shape index (κ3) is 9.87. The number of hydrogen-bond donors (Lipinski definition) is 5. The maximum absolute atomic E-state index is 13.5. The molecule has 1 heterocycles. The van der Waals surface area contributed by atoms with E-state index in [0.717, 1.165) is 5.56 Å². The molecular formula is C30H35N4O7P. The molecule has 2 unspecified atom stereocenters. The Labute approximate surface area is 244 Å². The lowest BCUT2D eigenvalue weighted by molar-refractivity contribution is -0.130. The molecule has 0 aliphatic rings. The van der Waals surface area contributed by atoms with E-state index in [2.05, 4.69) is 16.0 Å². The first-order valence-electron chi connectivity index (χ1n) is 13.4. The smallest absolute Gasteiger partial charge is 0.287 e. The summed E-state index contributed by atoms with van der Waals surface area (Å²) in [6.07, 6.45) is 4.18. The fourth-order valence-electron chi connectivity index (χ4n) is 4.09. The first-order chi connectivity index (χ1) is 20.1. The quantitative estimate of drug-likeness (QED) is 0.168. The van der Waals surface area contributed by atoms with Gasteiger partial charge in [0.1, 0.15) is 24.0 Å². The highest BCUT2D eigenvalue weighted by molar-refractivity contribution is 7.59. The van der Waals surface area contributed by atoms with Crippen LogP contribution < -0.4 is 21.7 Å². The van der Waals surface area contributed by atoms with Gasteiger partial charge in [0.15, 0.2) is 5.76 Å². The van der Waals surface area contributed by atoms with E-state index in [1.165, 1.54) is 18.4 Å². The van der Waals surface area contributed by atoms with Gasteiger partial charge in [-0.1, -0.05) is 79.7 Å². The molecule has 0 bridgehead atoms. The monoisotopic (exact) mass is 594 g/mol. The number of primary amides is 1. The van der Waals surface area contributed by atoms with Crippen molar-refractivity contribution in [3.8, 4) is 0 Å². The molecule has 222 valence electrons. The van der Waals surface area contributed by atoms with Crippen molar-refractivity contribution in [2.75, 3.05) is 6.16 Å². The standard InChI is InChI=1S/C30H35N4O7P/c1-2-23(29(37)33-24(28(31)36)16-9-15-21-11-5-3-6-12-21)32-26(35)20-42(39,40)27(19-22-13-7-4-8-14-22)34-30(38)25-17-10-18-41-25/h3-15,17-18,23-24,27H,2,16,19-20H2,1H3,(H2,31,36)(H,32,35)(H,33,37)(H,34,38)(H,39,40)/t23-,24-,27?/m0/s1. The number of rotatable bonds is 15. The lowest BCUT2D eigenvalue weighted by atomic mass is 10.1. The first kappa shape index (κ1) is 32.0. The van der Waals surface area contributed by atoms with Crippen LogP contribution in [0.25, 0.3) is 6.08 Å². The van der Waals surface area contributed by atoms with Gasteiger partial charge in [0, 0.05) is 6.42 Å². The lowest BCUT2D eigenvalue weighted by Gasteiger charge is -2.25. The SMILES string of the molecule is CC[C@H](NC(=O)CP(=O)(O)C(Cc1ccccc1)NC(=O)c1ccco1)C(=O)N[C@@H](CC=Cc1ccccc1)C(N)=O. The van der Waals surface area contributed by atoms with Crippen LogP contribution in [-0.2, 0) is 25.4 Å². The number of nitrogens with two attached hydrogens (primary N) is 1. The number of carbonyl (C=O) groups excluding carboxylic acids is 4. The number of amides is 4. The Kier molecular flexibility index (Phi) is 11.8. The summed E-state index contributed by atoms with van der Waals surface area (Å²) in [7, 11) is -4.36. The normalized spacial score (nSPS) is 14.7. The van der Waals surface area contributed by atoms with E-state index in [1.54, 1.807) is 49.4 Å². The van der Waals surface area contributed by atoms with Crippen molar-refractivity contribution < 1.29 is 33.1 Å². The van der Waals surface area contributed by atoms with E-state index in [1.807, 2.05) is 30.3 Å². The number of hydrogen-bond acceptors (Lipinski definition) is 6. The third-order valence-electron chi connectivity index (χ3n) is 6.37. The second kappa shape index (κ2) is 15.5. The summed E-state index contributed by atoms with van der Waals surface area (Å²) in [5, 5.41) is 7.52. The van der Waals surface area contributed by atoms with E-state index in [0.29, 0.717) is 5.56 Å². The van der Waals surface area contributed by atoms with Crippen molar-refractivity contribution in [2.45, 2.75) is 44.1 Å². The molecule has 0 radical (unpaired) electrons. The minimum absolute atomic E-state index is 0.0250. The Balaban J connectivity index is 1.65. The zero-order chi connectivity index (χ0) is 30.5. The molecule has 3 rings (SSSR count). The number of furan rings is 1. The zero-order valence-corrected chi connectivity index (χ0v) is 24.0. The lowest BCUT2D eigenvalue weighted by Crippen LogP contribution is -2.53. The molecule has 0 saturated heterocycles. The summed E-state index contributed by atoms with van der Waals surface area (Å²) >= 11 is 0. The van der Waals surface area contributed by atoms with Gasteiger partial charge in [-0.3, -0.25) is 23.7 Å². The summed E-state index contributed by atoms with van der Waals surface area (Å²) in [6.45, 7) is 1.64. The van der Waals surface area contributed by atoms with Gasteiger partial charge in [0.25, 0.3) is 5.91 Å². The van der Waals surface area contributed by atoms with Crippen LogP contribution in [0.4, 0.5) is 0 Å². The van der Waals surface area contributed by atoms with Gasteiger partial charge < -0.3 is 31.0 Å². The van der Waals surface area contributed by atoms with E-state index in [4.69, 9.17) is 10.2 Å². The minimum atomic E-state index is -4.36. The van der Waals surface area contributed by atoms with Crippen LogP contribution >= 0.6 is 7.37 Å². The van der Waals surface area contributed by atoms with Gasteiger partial charge in [0.2, 0.25) is 25.1 Å². The first-order valence-corrected chi connectivity index (χ1v) is 15.3. The molecule has 12 heteroatoms. The summed E-state index contributed by atoms with van der Waals surface area (Å²) in [6, 6.07) is 18.9. The molecular weight excluding hydrogens is 559 g/mol. The molecule has 42 heavy (non-hydrogen) atoms. The number of carbonyl (C=O) groups is 4. The van der Waals surface area contributed by atoms with Crippen molar-refractivity contribution in [1.29, 1.82) is 0 Å².